The maximum atomic E-state index is 14.2. The van der Waals surface area contributed by atoms with Gasteiger partial charge in [0.25, 0.3) is 0 Å². The molecule has 1 aliphatic rings. The molecule has 3 aromatic carbocycles. The van der Waals surface area contributed by atoms with E-state index in [1.165, 1.54) is 12.1 Å². The molecule has 6 nitrogen and oxygen atoms in total. The standard InChI is InChI=1S/C28H22BrF3N2O4S/c1-16-3-5-26(34(16)21-10-17(28(35)36)9-20(14-21)33-7-2-8-39(33)37)22-11-18(29)4-6-27(22)38-15-23-24(31)12-19(30)13-25(23)32/h3-6,9-14H,2,7-8,15H2,1H3,(H,35,36). The highest BCUT2D eigenvalue weighted by molar-refractivity contribution is 9.10. The number of carbonyl (C=O) groups is 1. The van der Waals surface area contributed by atoms with E-state index < -0.39 is 46.6 Å². The monoisotopic (exact) mass is 618 g/mol. The Balaban J connectivity index is 1.60. The number of halogens is 4. The number of carboxylic acids is 1. The molecule has 4 aromatic rings. The molecule has 0 radical (unpaired) electrons. The van der Waals surface area contributed by atoms with Crippen LogP contribution in [0.25, 0.3) is 16.9 Å². The van der Waals surface area contributed by atoms with Crippen molar-refractivity contribution in [3.8, 4) is 22.7 Å². The van der Waals surface area contributed by atoms with Gasteiger partial charge in [-0.25, -0.2) is 22.2 Å². The van der Waals surface area contributed by atoms with Crippen molar-refractivity contribution in [1.82, 2.24) is 4.57 Å². The number of nitrogens with zero attached hydrogens (tertiary/aromatic N) is 2. The number of anilines is 1. The molecule has 1 aliphatic heterocycles. The van der Waals surface area contributed by atoms with E-state index in [0.717, 1.165) is 12.1 Å². The number of aryl methyl sites for hydroxylation is 1. The molecule has 0 aliphatic carbocycles. The highest BCUT2D eigenvalue weighted by Crippen LogP contribution is 2.37. The maximum Gasteiger partial charge on any atom is 0.335 e. The maximum absolute atomic E-state index is 14.2. The molecule has 0 bridgehead atoms. The fourth-order valence-corrected chi connectivity index (χ4v) is 6.19. The predicted molar refractivity (Wildman–Crippen MR) is 146 cm³/mol. The minimum absolute atomic E-state index is 0.0402. The van der Waals surface area contributed by atoms with Gasteiger partial charge in [-0.2, -0.15) is 0 Å². The van der Waals surface area contributed by atoms with Crippen LogP contribution in [-0.2, 0) is 17.6 Å². The second kappa shape index (κ2) is 10.9. The lowest BCUT2D eigenvalue weighted by Gasteiger charge is -2.20. The van der Waals surface area contributed by atoms with Crippen LogP contribution in [0.1, 0.15) is 28.0 Å². The number of benzene rings is 3. The lowest BCUT2D eigenvalue weighted by atomic mass is 10.1. The van der Waals surface area contributed by atoms with Gasteiger partial charge < -0.3 is 14.4 Å². The number of hydrogen-bond donors (Lipinski definition) is 1. The Bertz CT molecular complexity index is 1600. The van der Waals surface area contributed by atoms with E-state index >= 15 is 0 Å². The zero-order valence-corrected chi connectivity index (χ0v) is 23.0. The van der Waals surface area contributed by atoms with Gasteiger partial charge in [0.2, 0.25) is 0 Å². The summed E-state index contributed by atoms with van der Waals surface area (Å²) >= 11 is 3.46. The zero-order valence-electron chi connectivity index (χ0n) is 20.6. The molecule has 0 spiro atoms. The average Bonchev–Trinajstić information content (AvgIpc) is 3.49. The molecule has 202 valence electrons. The van der Waals surface area contributed by atoms with E-state index in [1.807, 2.05) is 23.6 Å². The van der Waals surface area contributed by atoms with Gasteiger partial charge in [0.1, 0.15) is 40.8 Å². The number of carboxylic acid groups (broad SMARTS) is 1. The lowest BCUT2D eigenvalue weighted by molar-refractivity contribution is 0.0697. The summed E-state index contributed by atoms with van der Waals surface area (Å²) in [7, 11) is -1.25. The van der Waals surface area contributed by atoms with Crippen LogP contribution >= 0.6 is 15.9 Å². The third kappa shape index (κ3) is 5.46. The van der Waals surface area contributed by atoms with Crippen LogP contribution < -0.4 is 9.04 Å². The minimum atomic E-state index is -1.25. The summed E-state index contributed by atoms with van der Waals surface area (Å²) in [4.78, 5) is 12.0. The number of rotatable bonds is 7. The molecule has 1 atom stereocenters. The first-order valence-corrected chi connectivity index (χ1v) is 14.0. The molecule has 39 heavy (non-hydrogen) atoms. The first-order valence-electron chi connectivity index (χ1n) is 11.9. The summed E-state index contributed by atoms with van der Waals surface area (Å²) in [6, 6.07) is 14.8. The van der Waals surface area contributed by atoms with Gasteiger partial charge in [0.15, 0.2) is 0 Å². The predicted octanol–water partition coefficient (Wildman–Crippen LogP) is 6.78. The minimum Gasteiger partial charge on any atom is -0.488 e. The van der Waals surface area contributed by atoms with Crippen LogP contribution in [0.2, 0.25) is 0 Å². The van der Waals surface area contributed by atoms with E-state index in [-0.39, 0.29) is 5.56 Å². The fourth-order valence-electron chi connectivity index (χ4n) is 4.56. The summed E-state index contributed by atoms with van der Waals surface area (Å²) in [6.07, 6.45) is 0.737. The Labute approximate surface area is 233 Å². The van der Waals surface area contributed by atoms with Crippen molar-refractivity contribution < 1.29 is 32.0 Å². The molecule has 2 heterocycles. The molecule has 0 amide bonds. The van der Waals surface area contributed by atoms with Crippen LogP contribution in [0.3, 0.4) is 0 Å². The van der Waals surface area contributed by atoms with Crippen molar-refractivity contribution in [2.45, 2.75) is 20.0 Å². The van der Waals surface area contributed by atoms with Gasteiger partial charge in [-0.1, -0.05) is 15.9 Å². The molecule has 1 N–H and O–H groups in total. The molecule has 1 unspecified atom stereocenters. The Morgan fingerprint density at radius 2 is 1.74 bits per heavy atom. The van der Waals surface area contributed by atoms with E-state index in [4.69, 9.17) is 4.74 Å². The summed E-state index contributed by atoms with van der Waals surface area (Å²) in [5, 5.41) is 9.80. The van der Waals surface area contributed by atoms with Gasteiger partial charge in [-0.3, -0.25) is 4.31 Å². The van der Waals surface area contributed by atoms with Gasteiger partial charge in [-0.15, -0.1) is 0 Å². The van der Waals surface area contributed by atoms with Gasteiger partial charge in [-0.05, 0) is 61.9 Å². The number of aromatic carboxylic acids is 1. The summed E-state index contributed by atoms with van der Waals surface area (Å²) < 4.78 is 64.4. The number of ether oxygens (including phenoxy) is 1. The van der Waals surface area contributed by atoms with Crippen LogP contribution in [0.5, 0.6) is 5.75 Å². The summed E-state index contributed by atoms with van der Waals surface area (Å²) in [6.45, 7) is 1.92. The molecule has 1 aromatic heterocycles. The topological polar surface area (TPSA) is 71.8 Å². The molecule has 1 saturated heterocycles. The smallest absolute Gasteiger partial charge is 0.335 e. The van der Waals surface area contributed by atoms with Crippen LogP contribution in [0.4, 0.5) is 18.9 Å². The third-order valence-corrected chi connectivity index (χ3v) is 8.41. The van der Waals surface area contributed by atoms with Crippen molar-refractivity contribution in [3.05, 3.63) is 99.4 Å². The average molecular weight is 619 g/mol. The largest absolute Gasteiger partial charge is 0.488 e. The third-order valence-electron chi connectivity index (χ3n) is 6.39. The van der Waals surface area contributed by atoms with Crippen molar-refractivity contribution in [2.75, 3.05) is 16.6 Å². The van der Waals surface area contributed by atoms with Gasteiger partial charge >= 0.3 is 5.97 Å². The Morgan fingerprint density at radius 3 is 2.41 bits per heavy atom. The Kier molecular flexibility index (Phi) is 7.55. The van der Waals surface area contributed by atoms with Crippen LogP contribution in [0.15, 0.2) is 65.1 Å². The lowest BCUT2D eigenvalue weighted by Crippen LogP contribution is -2.20. The molecule has 11 heteroatoms. The molecule has 1 fully saturated rings. The normalized spacial score (nSPS) is 15.1. The van der Waals surface area contributed by atoms with E-state index in [9.17, 15) is 27.3 Å². The van der Waals surface area contributed by atoms with E-state index in [2.05, 4.69) is 15.9 Å². The fraction of sp³-hybridized carbons (Fsp3) is 0.179. The van der Waals surface area contributed by atoms with Gasteiger partial charge in [0.05, 0.1) is 22.5 Å². The van der Waals surface area contributed by atoms with Crippen molar-refractivity contribution in [3.63, 3.8) is 0 Å². The SMILES string of the molecule is Cc1ccc(-c2cc(Br)ccc2OCc2c(F)cc(F)cc2F)n1-c1cc(C(=O)O)cc(N2CCCS2=O)c1. The summed E-state index contributed by atoms with van der Waals surface area (Å²) in [5.74, 6) is -3.44. The van der Waals surface area contributed by atoms with Crippen LogP contribution in [0, 0.1) is 24.4 Å². The number of aromatic nitrogens is 1. The quantitative estimate of drug-likeness (QED) is 0.248. The van der Waals surface area contributed by atoms with Crippen molar-refractivity contribution in [2.24, 2.45) is 0 Å². The van der Waals surface area contributed by atoms with E-state index in [0.29, 0.717) is 57.3 Å². The molecule has 0 saturated carbocycles. The molecule has 5 rings (SSSR count). The number of hydrogen-bond acceptors (Lipinski definition) is 3. The second-order valence-electron chi connectivity index (χ2n) is 9.00. The Morgan fingerprint density at radius 1 is 1.03 bits per heavy atom. The zero-order chi connectivity index (χ0) is 27.8. The molecular weight excluding hydrogens is 597 g/mol. The second-order valence-corrected chi connectivity index (χ2v) is 11.4. The first kappa shape index (κ1) is 27.0. The Hall–Kier alpha value is -3.57. The van der Waals surface area contributed by atoms with Crippen LogP contribution in [-0.4, -0.2) is 32.1 Å². The van der Waals surface area contributed by atoms with Crippen molar-refractivity contribution >= 4 is 38.6 Å². The van der Waals surface area contributed by atoms with E-state index in [1.54, 1.807) is 28.6 Å². The summed E-state index contributed by atoms with van der Waals surface area (Å²) in [5.41, 5.74) is 2.67. The highest BCUT2D eigenvalue weighted by atomic mass is 79.9. The molecular formula is C28H22BrF3N2O4S. The highest BCUT2D eigenvalue weighted by Gasteiger charge is 2.24. The van der Waals surface area contributed by atoms with Crippen molar-refractivity contribution in [1.29, 1.82) is 0 Å². The van der Waals surface area contributed by atoms with Gasteiger partial charge in [0, 0.05) is 45.8 Å². The first-order chi connectivity index (χ1) is 18.6.